The number of carbonyl (C=O) groups is 1. The van der Waals surface area contributed by atoms with Gasteiger partial charge in [0, 0.05) is 5.56 Å². The minimum absolute atomic E-state index is 0.0693. The molecule has 1 aromatic heterocycles. The number of hydrogen-bond acceptors (Lipinski definition) is 6. The van der Waals surface area contributed by atoms with E-state index in [-0.39, 0.29) is 11.4 Å². The smallest absolute Gasteiger partial charge is 0.338 e. The van der Waals surface area contributed by atoms with Crippen LogP contribution < -0.4 is 4.74 Å². The number of rotatable bonds is 5. The molecule has 6 nitrogen and oxygen atoms in total. The van der Waals surface area contributed by atoms with Crippen molar-refractivity contribution in [3.8, 4) is 28.0 Å². The highest BCUT2D eigenvalue weighted by Crippen LogP contribution is 2.35. The van der Waals surface area contributed by atoms with Gasteiger partial charge in [-0.15, -0.1) is 0 Å². The normalized spacial score (nSPS) is 11.5. The number of hydrogen-bond donors (Lipinski definition) is 0. The second kappa shape index (κ2) is 8.22. The first-order valence-electron chi connectivity index (χ1n) is 10.0. The van der Waals surface area contributed by atoms with Gasteiger partial charge in [0.05, 0.1) is 19.3 Å². The molecule has 0 atom stereocenters. The van der Waals surface area contributed by atoms with E-state index in [1.807, 2.05) is 63.2 Å². The van der Waals surface area contributed by atoms with Crippen LogP contribution >= 0.6 is 0 Å². The van der Waals surface area contributed by atoms with Crippen molar-refractivity contribution in [2.24, 2.45) is 5.41 Å². The zero-order valence-corrected chi connectivity index (χ0v) is 18.0. The Morgan fingerprint density at radius 3 is 2.26 bits per heavy atom. The van der Waals surface area contributed by atoms with Gasteiger partial charge in [-0.2, -0.15) is 0 Å². The summed E-state index contributed by atoms with van der Waals surface area (Å²) in [7, 11) is 1.65. The first kappa shape index (κ1) is 20.6. The van der Waals surface area contributed by atoms with Crippen molar-refractivity contribution in [2.75, 3.05) is 13.7 Å². The van der Waals surface area contributed by atoms with Gasteiger partial charge in [-0.1, -0.05) is 45.0 Å². The SMILES string of the molecule is COc1ccc(-c2ccc(C(=O)OCC(C)(C)C)cc2)cc1-c1ccc2nonc2c1. The first-order valence-corrected chi connectivity index (χ1v) is 10.0. The Morgan fingerprint density at radius 1 is 0.871 bits per heavy atom. The fourth-order valence-electron chi connectivity index (χ4n) is 3.23. The zero-order valence-electron chi connectivity index (χ0n) is 18.0. The van der Waals surface area contributed by atoms with Crippen molar-refractivity contribution in [1.29, 1.82) is 0 Å². The molecule has 0 N–H and O–H groups in total. The quantitative estimate of drug-likeness (QED) is 0.385. The van der Waals surface area contributed by atoms with Crippen LogP contribution in [-0.2, 0) is 4.74 Å². The predicted octanol–water partition coefficient (Wildman–Crippen LogP) is 5.77. The molecule has 4 aromatic rings. The molecule has 3 aromatic carbocycles. The second-order valence-electron chi connectivity index (χ2n) is 8.60. The molecule has 0 bridgehead atoms. The van der Waals surface area contributed by atoms with E-state index in [1.54, 1.807) is 19.2 Å². The van der Waals surface area contributed by atoms with E-state index >= 15 is 0 Å². The molecule has 1 heterocycles. The van der Waals surface area contributed by atoms with Gasteiger partial charge in [0.15, 0.2) is 0 Å². The number of ether oxygens (including phenoxy) is 2. The fourth-order valence-corrected chi connectivity index (χ4v) is 3.23. The summed E-state index contributed by atoms with van der Waals surface area (Å²) in [5, 5.41) is 7.78. The van der Waals surface area contributed by atoms with Crippen molar-refractivity contribution in [3.05, 3.63) is 66.2 Å². The lowest BCUT2D eigenvalue weighted by molar-refractivity contribution is 0.0367. The van der Waals surface area contributed by atoms with E-state index in [4.69, 9.17) is 14.1 Å². The van der Waals surface area contributed by atoms with Gasteiger partial charge in [-0.25, -0.2) is 9.42 Å². The highest BCUT2D eigenvalue weighted by atomic mass is 16.6. The second-order valence-corrected chi connectivity index (χ2v) is 8.60. The van der Waals surface area contributed by atoms with Crippen LogP contribution in [0.1, 0.15) is 31.1 Å². The molecule has 31 heavy (non-hydrogen) atoms. The number of benzene rings is 3. The van der Waals surface area contributed by atoms with Crippen molar-refractivity contribution in [2.45, 2.75) is 20.8 Å². The molecule has 6 heteroatoms. The highest BCUT2D eigenvalue weighted by Gasteiger charge is 2.15. The van der Waals surface area contributed by atoms with Gasteiger partial charge in [0.25, 0.3) is 0 Å². The molecular weight excluding hydrogens is 392 g/mol. The fraction of sp³-hybridized carbons (Fsp3) is 0.240. The lowest BCUT2D eigenvalue weighted by atomic mass is 9.97. The Bertz CT molecular complexity index is 1220. The Morgan fingerprint density at radius 2 is 1.55 bits per heavy atom. The molecule has 158 valence electrons. The van der Waals surface area contributed by atoms with E-state index in [1.165, 1.54) is 0 Å². The van der Waals surface area contributed by atoms with Gasteiger partial charge in [-0.05, 0) is 68.8 Å². The zero-order chi connectivity index (χ0) is 22.0. The molecule has 0 unspecified atom stereocenters. The van der Waals surface area contributed by atoms with Crippen LogP contribution in [0, 0.1) is 5.41 Å². The van der Waals surface area contributed by atoms with E-state index in [0.29, 0.717) is 23.2 Å². The molecule has 0 aliphatic rings. The lowest BCUT2D eigenvalue weighted by Gasteiger charge is -2.17. The van der Waals surface area contributed by atoms with E-state index < -0.39 is 0 Å². The Labute approximate surface area is 180 Å². The third-order valence-corrected chi connectivity index (χ3v) is 4.85. The maximum atomic E-state index is 12.3. The number of fused-ring (bicyclic) bond motifs is 1. The minimum atomic E-state index is -0.314. The summed E-state index contributed by atoms with van der Waals surface area (Å²) in [5.74, 6) is 0.438. The summed E-state index contributed by atoms with van der Waals surface area (Å²) in [6.45, 7) is 6.46. The number of nitrogens with zero attached hydrogens (tertiary/aromatic N) is 2. The van der Waals surface area contributed by atoms with Gasteiger partial charge in [-0.3, -0.25) is 0 Å². The van der Waals surface area contributed by atoms with Crippen molar-refractivity contribution in [1.82, 2.24) is 10.3 Å². The summed E-state index contributed by atoms with van der Waals surface area (Å²) >= 11 is 0. The Hall–Kier alpha value is -3.67. The highest BCUT2D eigenvalue weighted by molar-refractivity contribution is 5.90. The van der Waals surface area contributed by atoms with Crippen LogP contribution in [0.15, 0.2) is 65.3 Å². The average Bonchev–Trinajstić information content (AvgIpc) is 3.24. The Kier molecular flexibility index (Phi) is 5.46. The van der Waals surface area contributed by atoms with Gasteiger partial charge in [0.1, 0.15) is 16.8 Å². The van der Waals surface area contributed by atoms with Crippen molar-refractivity contribution >= 4 is 17.0 Å². The standard InChI is InChI=1S/C25H24N2O4/c1-25(2,3)15-30-24(28)17-7-5-16(6-8-17)18-10-12-23(29-4)20(13-18)19-9-11-21-22(14-19)27-31-26-21/h5-14H,15H2,1-4H3. The van der Waals surface area contributed by atoms with Gasteiger partial charge in [0.2, 0.25) is 0 Å². The van der Waals surface area contributed by atoms with Crippen LogP contribution in [0.4, 0.5) is 0 Å². The van der Waals surface area contributed by atoms with E-state index in [9.17, 15) is 4.79 Å². The van der Waals surface area contributed by atoms with Crippen LogP contribution in [-0.4, -0.2) is 30.0 Å². The summed E-state index contributed by atoms with van der Waals surface area (Å²) in [5.41, 5.74) is 5.72. The van der Waals surface area contributed by atoms with Crippen molar-refractivity contribution < 1.29 is 18.9 Å². The third kappa shape index (κ3) is 4.58. The number of esters is 1. The molecule has 4 rings (SSSR count). The summed E-state index contributed by atoms with van der Waals surface area (Å²) in [4.78, 5) is 12.3. The molecule has 0 amide bonds. The largest absolute Gasteiger partial charge is 0.496 e. The lowest BCUT2D eigenvalue weighted by Crippen LogP contribution is -2.18. The summed E-state index contributed by atoms with van der Waals surface area (Å²) in [6, 6.07) is 19.1. The van der Waals surface area contributed by atoms with Crippen LogP contribution in [0.3, 0.4) is 0 Å². The Balaban J connectivity index is 1.62. The molecule has 0 fully saturated rings. The van der Waals surface area contributed by atoms with Crippen LogP contribution in [0.2, 0.25) is 0 Å². The molecule has 0 spiro atoms. The summed E-state index contributed by atoms with van der Waals surface area (Å²) < 4.78 is 15.8. The maximum Gasteiger partial charge on any atom is 0.338 e. The van der Waals surface area contributed by atoms with Crippen molar-refractivity contribution in [3.63, 3.8) is 0 Å². The molecule has 0 radical (unpaired) electrons. The molecular formula is C25H24N2O4. The van der Waals surface area contributed by atoms with Crippen LogP contribution in [0.25, 0.3) is 33.3 Å². The monoisotopic (exact) mass is 416 g/mol. The average molecular weight is 416 g/mol. The third-order valence-electron chi connectivity index (χ3n) is 4.85. The summed E-state index contributed by atoms with van der Waals surface area (Å²) in [6.07, 6.45) is 0. The van der Waals surface area contributed by atoms with E-state index in [2.05, 4.69) is 16.4 Å². The molecule has 0 saturated carbocycles. The number of carbonyl (C=O) groups excluding carboxylic acids is 1. The van der Waals surface area contributed by atoms with Gasteiger partial charge < -0.3 is 9.47 Å². The molecule has 0 saturated heterocycles. The first-order chi connectivity index (χ1) is 14.8. The van der Waals surface area contributed by atoms with E-state index in [0.717, 1.165) is 28.0 Å². The molecule has 0 aliphatic heterocycles. The minimum Gasteiger partial charge on any atom is -0.496 e. The maximum absolute atomic E-state index is 12.3. The number of aromatic nitrogens is 2. The van der Waals surface area contributed by atoms with Crippen LogP contribution in [0.5, 0.6) is 5.75 Å². The van der Waals surface area contributed by atoms with Gasteiger partial charge >= 0.3 is 5.97 Å². The predicted molar refractivity (Wildman–Crippen MR) is 119 cm³/mol. The number of methoxy groups -OCH3 is 1. The topological polar surface area (TPSA) is 74.5 Å². The molecule has 0 aliphatic carbocycles.